The Morgan fingerprint density at radius 2 is 1.89 bits per heavy atom. The van der Waals surface area contributed by atoms with E-state index in [0.29, 0.717) is 24.4 Å². The molecule has 28 heavy (non-hydrogen) atoms. The Labute approximate surface area is 167 Å². The smallest absolute Gasteiger partial charge is 0.338 e. The van der Waals surface area contributed by atoms with E-state index in [0.717, 1.165) is 5.56 Å². The third kappa shape index (κ3) is 4.81. The first-order valence-corrected chi connectivity index (χ1v) is 9.37. The monoisotopic (exact) mass is 386 g/mol. The van der Waals surface area contributed by atoms with Crippen molar-refractivity contribution in [1.82, 2.24) is 10.2 Å². The molecular formula is C22H30N2O4. The second-order valence-electron chi connectivity index (χ2n) is 7.78. The van der Waals surface area contributed by atoms with Crippen molar-refractivity contribution in [3.8, 4) is 0 Å². The Bertz CT molecular complexity index is 760. The zero-order valence-corrected chi connectivity index (χ0v) is 17.4. The van der Waals surface area contributed by atoms with Gasteiger partial charge in [0.2, 0.25) is 0 Å². The average Bonchev–Trinajstić information content (AvgIpc) is 2.64. The zero-order chi connectivity index (χ0) is 20.9. The van der Waals surface area contributed by atoms with Crippen LogP contribution >= 0.6 is 0 Å². The minimum atomic E-state index is -0.572. The number of rotatable bonds is 7. The van der Waals surface area contributed by atoms with Gasteiger partial charge in [0.15, 0.2) is 0 Å². The molecule has 6 nitrogen and oxygen atoms in total. The third-order valence-corrected chi connectivity index (χ3v) is 4.76. The number of benzene rings is 1. The molecule has 0 radical (unpaired) electrons. The number of hydrogen-bond donors (Lipinski definition) is 1. The summed E-state index contributed by atoms with van der Waals surface area (Å²) in [5, 5.41) is 2.93. The van der Waals surface area contributed by atoms with Crippen molar-refractivity contribution >= 4 is 12.0 Å². The zero-order valence-electron chi connectivity index (χ0n) is 17.4. The largest absolute Gasteiger partial charge is 0.460 e. The number of nitrogens with one attached hydrogen (secondary N) is 1. The number of urea groups is 1. The van der Waals surface area contributed by atoms with Crippen LogP contribution in [-0.2, 0) is 19.7 Å². The van der Waals surface area contributed by atoms with Gasteiger partial charge in [-0.2, -0.15) is 0 Å². The van der Waals surface area contributed by atoms with Crippen molar-refractivity contribution < 1.29 is 19.1 Å². The molecule has 1 N–H and O–H groups in total. The van der Waals surface area contributed by atoms with Crippen LogP contribution in [-0.4, -0.2) is 43.8 Å². The molecule has 1 aromatic carbocycles. The van der Waals surface area contributed by atoms with Crippen LogP contribution in [0.2, 0.25) is 0 Å². The molecule has 6 heteroatoms. The molecule has 1 unspecified atom stereocenters. The summed E-state index contributed by atoms with van der Waals surface area (Å²) in [5.41, 5.74) is 3.01. The molecule has 1 aliphatic rings. The van der Waals surface area contributed by atoms with E-state index in [1.54, 1.807) is 20.1 Å². The molecule has 0 bridgehead atoms. The van der Waals surface area contributed by atoms with E-state index in [4.69, 9.17) is 9.47 Å². The first-order chi connectivity index (χ1) is 13.2. The molecule has 2 amide bonds. The van der Waals surface area contributed by atoms with Crippen LogP contribution < -0.4 is 5.32 Å². The fraction of sp³-hybridized carbons (Fsp3) is 0.455. The second-order valence-corrected chi connectivity index (χ2v) is 7.78. The molecule has 1 aromatic rings. The van der Waals surface area contributed by atoms with Crippen molar-refractivity contribution in [2.24, 2.45) is 0 Å². The maximum atomic E-state index is 12.8. The summed E-state index contributed by atoms with van der Waals surface area (Å²) in [4.78, 5) is 26.9. The number of nitrogens with zero attached hydrogens (tertiary/aromatic N) is 1. The summed E-state index contributed by atoms with van der Waals surface area (Å²) < 4.78 is 10.3. The summed E-state index contributed by atoms with van der Waals surface area (Å²) in [6, 6.07) is 7.12. The summed E-state index contributed by atoms with van der Waals surface area (Å²) in [6.07, 6.45) is 1.62. The van der Waals surface area contributed by atoms with Gasteiger partial charge in [0.1, 0.15) is 6.61 Å². The maximum absolute atomic E-state index is 12.8. The van der Waals surface area contributed by atoms with Gasteiger partial charge in [0, 0.05) is 19.4 Å². The molecular weight excluding hydrogens is 356 g/mol. The maximum Gasteiger partial charge on any atom is 0.338 e. The number of ether oxygens (including phenoxy) is 2. The Morgan fingerprint density at radius 3 is 2.43 bits per heavy atom. The number of amides is 2. The van der Waals surface area contributed by atoms with Gasteiger partial charge in [-0.1, -0.05) is 51.1 Å². The number of carbonyl (C=O) groups excluding carboxylic acids is 2. The highest BCUT2D eigenvalue weighted by molar-refractivity contribution is 5.95. The molecule has 1 heterocycles. The van der Waals surface area contributed by atoms with Crippen LogP contribution in [0, 0.1) is 0 Å². The molecule has 0 saturated carbocycles. The van der Waals surface area contributed by atoms with E-state index in [2.05, 4.69) is 32.7 Å². The summed E-state index contributed by atoms with van der Waals surface area (Å²) in [5.74, 6) is -0.464. The molecule has 0 aromatic heterocycles. The van der Waals surface area contributed by atoms with E-state index in [-0.39, 0.29) is 18.1 Å². The number of carbonyl (C=O) groups is 2. The molecule has 152 valence electrons. The van der Waals surface area contributed by atoms with E-state index >= 15 is 0 Å². The van der Waals surface area contributed by atoms with Crippen molar-refractivity contribution in [3.05, 3.63) is 59.3 Å². The minimum absolute atomic E-state index is 0.0166. The van der Waals surface area contributed by atoms with Crippen LogP contribution in [0.1, 0.15) is 44.9 Å². The minimum Gasteiger partial charge on any atom is -0.460 e. The van der Waals surface area contributed by atoms with E-state index in [1.807, 2.05) is 24.3 Å². The van der Waals surface area contributed by atoms with Crippen molar-refractivity contribution in [2.45, 2.75) is 39.2 Å². The molecule has 1 atom stereocenters. The molecule has 0 saturated heterocycles. The Balaban J connectivity index is 2.43. The topological polar surface area (TPSA) is 67.9 Å². The van der Waals surface area contributed by atoms with Gasteiger partial charge in [-0.3, -0.25) is 4.90 Å². The highest BCUT2D eigenvalue weighted by atomic mass is 16.6. The second kappa shape index (κ2) is 9.06. The van der Waals surface area contributed by atoms with Crippen molar-refractivity contribution in [2.75, 3.05) is 26.9 Å². The van der Waals surface area contributed by atoms with Crippen molar-refractivity contribution in [1.29, 1.82) is 0 Å². The van der Waals surface area contributed by atoms with Crippen LogP contribution in [0.4, 0.5) is 4.79 Å². The lowest BCUT2D eigenvalue weighted by Crippen LogP contribution is -2.48. The van der Waals surface area contributed by atoms with E-state index < -0.39 is 12.0 Å². The van der Waals surface area contributed by atoms with Crippen LogP contribution in [0.3, 0.4) is 0 Å². The Morgan fingerprint density at radius 1 is 1.25 bits per heavy atom. The number of allylic oxidation sites excluding steroid dienone is 1. The highest BCUT2D eigenvalue weighted by Crippen LogP contribution is 2.32. The first kappa shape index (κ1) is 21.7. The Kier molecular flexibility index (Phi) is 7.02. The standard InChI is InChI=1S/C22H30N2O4/c1-7-12-24-15(2)18(20(25)28-14-13-27-6)19(23-21(24)26)16-8-10-17(11-9-16)22(3,4)5/h7-11,19H,1,12-14H2,2-6H3,(H,23,26). The summed E-state index contributed by atoms with van der Waals surface area (Å²) >= 11 is 0. The highest BCUT2D eigenvalue weighted by Gasteiger charge is 2.36. The van der Waals surface area contributed by atoms with Gasteiger partial charge < -0.3 is 14.8 Å². The molecule has 2 rings (SSSR count). The molecule has 1 aliphatic heterocycles. The molecule has 0 fully saturated rings. The van der Waals surface area contributed by atoms with Crippen LogP contribution in [0.25, 0.3) is 0 Å². The van der Waals surface area contributed by atoms with Gasteiger partial charge >= 0.3 is 12.0 Å². The number of hydrogen-bond acceptors (Lipinski definition) is 4. The fourth-order valence-electron chi connectivity index (χ4n) is 3.12. The lowest BCUT2D eigenvalue weighted by molar-refractivity contribution is -0.140. The van der Waals surface area contributed by atoms with Gasteiger partial charge in [-0.05, 0) is 23.5 Å². The van der Waals surface area contributed by atoms with Crippen LogP contribution in [0.5, 0.6) is 0 Å². The third-order valence-electron chi connectivity index (χ3n) is 4.76. The lowest BCUT2D eigenvalue weighted by atomic mass is 9.85. The predicted octanol–water partition coefficient (Wildman–Crippen LogP) is 3.70. The lowest BCUT2D eigenvalue weighted by Gasteiger charge is -2.35. The fourth-order valence-corrected chi connectivity index (χ4v) is 3.12. The van der Waals surface area contributed by atoms with Crippen LogP contribution in [0.15, 0.2) is 48.2 Å². The quantitative estimate of drug-likeness (QED) is 0.441. The SMILES string of the molecule is C=CCN1C(=O)NC(c2ccc(C(C)(C)C)cc2)C(C(=O)OCCOC)=C1C. The normalized spacial score (nSPS) is 17.4. The average molecular weight is 386 g/mol. The van der Waals surface area contributed by atoms with Gasteiger partial charge in [0.25, 0.3) is 0 Å². The van der Waals surface area contributed by atoms with E-state index in [9.17, 15) is 9.59 Å². The predicted molar refractivity (Wildman–Crippen MR) is 109 cm³/mol. The van der Waals surface area contributed by atoms with Gasteiger partial charge in [-0.15, -0.1) is 6.58 Å². The number of methoxy groups -OCH3 is 1. The van der Waals surface area contributed by atoms with Crippen molar-refractivity contribution in [3.63, 3.8) is 0 Å². The van der Waals surface area contributed by atoms with E-state index in [1.165, 1.54) is 10.5 Å². The van der Waals surface area contributed by atoms with Gasteiger partial charge in [0.05, 0.1) is 18.2 Å². The summed E-state index contributed by atoms with van der Waals surface area (Å²) in [6.45, 7) is 12.6. The summed E-state index contributed by atoms with van der Waals surface area (Å²) in [7, 11) is 1.55. The molecule has 0 aliphatic carbocycles. The molecule has 0 spiro atoms. The van der Waals surface area contributed by atoms with Gasteiger partial charge in [-0.25, -0.2) is 9.59 Å². The number of esters is 1. The first-order valence-electron chi connectivity index (χ1n) is 9.37. The Hall–Kier alpha value is -2.60.